The van der Waals surface area contributed by atoms with Crippen LogP contribution in [0.5, 0.6) is 0 Å². The van der Waals surface area contributed by atoms with Gasteiger partial charge in [0.05, 0.1) is 9.52 Å². The van der Waals surface area contributed by atoms with Crippen LogP contribution < -0.4 is 5.32 Å². The number of hydrogen-bond acceptors (Lipinski definition) is 1. The number of nitrogens with one attached hydrogen (secondary N) is 1. The van der Waals surface area contributed by atoms with Gasteiger partial charge >= 0.3 is 0 Å². The third-order valence-corrected chi connectivity index (χ3v) is 1.66. The van der Waals surface area contributed by atoms with Gasteiger partial charge in [-0.25, -0.2) is 0 Å². The zero-order valence-electron chi connectivity index (χ0n) is 4.41. The normalized spacial score (nSPS) is 9.00. The molecule has 6 heavy (non-hydrogen) atoms. The molecule has 0 aromatic rings. The van der Waals surface area contributed by atoms with Crippen LogP contribution in [0.2, 0.25) is 6.04 Å². The van der Waals surface area contributed by atoms with E-state index in [9.17, 15) is 0 Å². The predicted octanol–water partition coefficient (Wildman–Crippen LogP) is 0.306. The van der Waals surface area contributed by atoms with Crippen LogP contribution in [0.4, 0.5) is 0 Å². The molecule has 0 aliphatic heterocycles. The van der Waals surface area contributed by atoms with Crippen molar-refractivity contribution in [1.29, 1.82) is 0 Å². The molecule has 0 atom stereocenters. The summed E-state index contributed by atoms with van der Waals surface area (Å²) < 4.78 is 0. The maximum absolute atomic E-state index is 3.08. The topological polar surface area (TPSA) is 12.0 Å². The van der Waals surface area contributed by atoms with E-state index >= 15 is 0 Å². The van der Waals surface area contributed by atoms with Crippen molar-refractivity contribution in [2.75, 3.05) is 13.2 Å². The van der Waals surface area contributed by atoms with Crippen LogP contribution in [-0.4, -0.2) is 22.7 Å². The molecule has 0 rings (SSSR count). The highest BCUT2D eigenvalue weighted by atomic mass is 28.2. The Hall–Kier alpha value is 0.177. The van der Waals surface area contributed by atoms with Gasteiger partial charge in [-0.1, -0.05) is 13.0 Å². The maximum atomic E-state index is 3.08. The van der Waals surface area contributed by atoms with Gasteiger partial charge in [0.1, 0.15) is 0 Å². The molecule has 0 amide bonds. The molecule has 0 bridgehead atoms. The van der Waals surface area contributed by atoms with Crippen LogP contribution in [0.25, 0.3) is 0 Å². The largest absolute Gasteiger partial charge is 0.323 e. The summed E-state index contributed by atoms with van der Waals surface area (Å²) in [7, 11) is 3.09. The summed E-state index contributed by atoms with van der Waals surface area (Å²) in [4.78, 5) is 0. The molecule has 0 saturated heterocycles. The first-order valence-corrected chi connectivity index (χ1v) is 3.68. The summed E-state index contributed by atoms with van der Waals surface area (Å²) in [5.41, 5.74) is 0. The van der Waals surface area contributed by atoms with E-state index in [2.05, 4.69) is 12.2 Å². The van der Waals surface area contributed by atoms with Gasteiger partial charge in [-0.05, 0) is 13.2 Å². The van der Waals surface area contributed by atoms with E-state index in [1.807, 2.05) is 7.05 Å². The molecule has 0 spiro atoms. The Kier molecular flexibility index (Phi) is 5.33. The molecule has 1 N–H and O–H groups in total. The van der Waals surface area contributed by atoms with Gasteiger partial charge in [-0.15, -0.1) is 0 Å². The maximum Gasteiger partial charge on any atom is 0.0560 e. The highest BCUT2D eigenvalue weighted by molar-refractivity contribution is 6.35. The van der Waals surface area contributed by atoms with E-state index in [1.165, 1.54) is 12.2 Å². The quantitative estimate of drug-likeness (QED) is 0.398. The first kappa shape index (κ1) is 6.18. The minimum atomic E-state index is 1.10. The fraction of sp³-hybridized carbons (Fsp3) is 1.00. The summed E-state index contributed by atoms with van der Waals surface area (Å²) in [6.45, 7) is 2.20. The summed E-state index contributed by atoms with van der Waals surface area (Å²) in [6.07, 6.45) is 1.19. The number of rotatable bonds is 3. The molecule has 2 heteroatoms. The third-order valence-electron chi connectivity index (χ3n) is 0.552. The van der Waals surface area contributed by atoms with Crippen LogP contribution in [0.3, 0.4) is 0 Å². The van der Waals surface area contributed by atoms with E-state index < -0.39 is 0 Å². The van der Waals surface area contributed by atoms with Crippen molar-refractivity contribution in [2.24, 2.45) is 0 Å². The fourth-order valence-electron chi connectivity index (χ4n) is 0.250. The van der Waals surface area contributed by atoms with E-state index in [0.717, 1.165) is 9.52 Å². The Morgan fingerprint density at radius 3 is 2.50 bits per heavy atom. The predicted molar refractivity (Wildman–Crippen MR) is 30.2 cm³/mol. The zero-order chi connectivity index (χ0) is 4.83. The molecule has 0 unspecified atom stereocenters. The third kappa shape index (κ3) is 4.18. The Morgan fingerprint density at radius 1 is 1.67 bits per heavy atom. The second-order valence-electron chi connectivity index (χ2n) is 1.13. The van der Waals surface area contributed by atoms with E-state index in [0.29, 0.717) is 0 Å². The van der Waals surface area contributed by atoms with Gasteiger partial charge in [0.2, 0.25) is 0 Å². The average molecular weight is 101 g/mol. The molecular weight excluding hydrogens is 90.1 g/mol. The Bertz CT molecular complexity index is 19.5. The van der Waals surface area contributed by atoms with Gasteiger partial charge in [-0.2, -0.15) is 0 Å². The SMILES string of the molecule is CC[Si]CNC. The molecule has 0 aliphatic rings. The molecule has 0 aromatic heterocycles. The molecule has 1 nitrogen and oxygen atoms in total. The summed E-state index contributed by atoms with van der Waals surface area (Å²) in [5.74, 6) is 0. The van der Waals surface area contributed by atoms with Gasteiger partial charge in [0.25, 0.3) is 0 Å². The molecule has 36 valence electrons. The molecule has 0 heterocycles. The highest BCUT2D eigenvalue weighted by Gasteiger charge is 1.75. The van der Waals surface area contributed by atoms with Crippen LogP contribution in [0.1, 0.15) is 6.92 Å². The lowest BCUT2D eigenvalue weighted by Gasteiger charge is -1.88. The van der Waals surface area contributed by atoms with Crippen molar-refractivity contribution in [3.63, 3.8) is 0 Å². The van der Waals surface area contributed by atoms with E-state index in [1.54, 1.807) is 0 Å². The summed E-state index contributed by atoms with van der Waals surface area (Å²) in [6, 6.07) is 1.32. The monoisotopic (exact) mass is 101 g/mol. The van der Waals surface area contributed by atoms with Gasteiger partial charge in [0.15, 0.2) is 0 Å². The van der Waals surface area contributed by atoms with Crippen LogP contribution in [0.15, 0.2) is 0 Å². The van der Waals surface area contributed by atoms with E-state index in [4.69, 9.17) is 0 Å². The van der Waals surface area contributed by atoms with Crippen LogP contribution in [-0.2, 0) is 0 Å². The lowest BCUT2D eigenvalue weighted by atomic mass is 11.0. The van der Waals surface area contributed by atoms with Crippen molar-refractivity contribution in [2.45, 2.75) is 13.0 Å². The van der Waals surface area contributed by atoms with E-state index in [-0.39, 0.29) is 0 Å². The number of hydrogen-bond donors (Lipinski definition) is 1. The molecule has 0 aromatic carbocycles. The van der Waals surface area contributed by atoms with Gasteiger partial charge < -0.3 is 5.32 Å². The summed E-state index contributed by atoms with van der Waals surface area (Å²) in [5, 5.41) is 3.08. The van der Waals surface area contributed by atoms with Crippen LogP contribution >= 0.6 is 0 Å². The second kappa shape index (κ2) is 5.18. The van der Waals surface area contributed by atoms with Gasteiger partial charge in [-0.3, -0.25) is 0 Å². The lowest BCUT2D eigenvalue weighted by molar-refractivity contribution is 0.963. The van der Waals surface area contributed by atoms with Crippen molar-refractivity contribution < 1.29 is 0 Å². The smallest absolute Gasteiger partial charge is 0.0560 e. The van der Waals surface area contributed by atoms with Crippen molar-refractivity contribution in [3.05, 3.63) is 0 Å². The minimum Gasteiger partial charge on any atom is -0.323 e. The molecule has 0 aliphatic carbocycles. The molecule has 2 radical (unpaired) electrons. The minimum absolute atomic E-state index is 1.10. The lowest BCUT2D eigenvalue weighted by Crippen LogP contribution is -2.13. The first-order valence-electron chi connectivity index (χ1n) is 2.27. The Morgan fingerprint density at radius 2 is 2.33 bits per heavy atom. The van der Waals surface area contributed by atoms with Crippen LogP contribution in [0, 0.1) is 0 Å². The highest BCUT2D eigenvalue weighted by Crippen LogP contribution is 1.66. The standard InChI is InChI=1S/C4H11NSi/c1-3-6-4-5-2/h5H,3-4H2,1-2H3. The van der Waals surface area contributed by atoms with Crippen molar-refractivity contribution >= 4 is 9.52 Å². The molecule has 0 saturated carbocycles. The molecule has 0 fully saturated rings. The summed E-state index contributed by atoms with van der Waals surface area (Å²) >= 11 is 0. The average Bonchev–Trinajstić information content (AvgIpc) is 1.61. The fourth-order valence-corrected chi connectivity index (χ4v) is 0.750. The Labute approximate surface area is 42.0 Å². The van der Waals surface area contributed by atoms with Gasteiger partial charge in [0, 0.05) is 0 Å². The van der Waals surface area contributed by atoms with Crippen molar-refractivity contribution in [3.8, 4) is 0 Å². The Balaban J connectivity index is 2.34. The van der Waals surface area contributed by atoms with Crippen molar-refractivity contribution in [1.82, 2.24) is 5.32 Å². The molecular formula is C4H11NSi. The second-order valence-corrected chi connectivity index (χ2v) is 2.69. The zero-order valence-corrected chi connectivity index (χ0v) is 5.41. The first-order chi connectivity index (χ1) is 2.91.